The van der Waals surface area contributed by atoms with Crippen molar-refractivity contribution < 1.29 is 0 Å². The molecule has 3 rings (SSSR count). The number of piperazine rings is 1. The van der Waals surface area contributed by atoms with E-state index in [1.54, 1.807) is 0 Å². The molecule has 0 aliphatic carbocycles. The van der Waals surface area contributed by atoms with Gasteiger partial charge in [-0.3, -0.25) is 14.3 Å². The van der Waals surface area contributed by atoms with E-state index in [4.69, 9.17) is 4.98 Å². The van der Waals surface area contributed by atoms with Crippen LogP contribution in [0.2, 0.25) is 0 Å². The van der Waals surface area contributed by atoms with Gasteiger partial charge in [0.15, 0.2) is 0 Å². The van der Waals surface area contributed by atoms with E-state index in [0.717, 1.165) is 65.8 Å². The molecular formula is C19H27BrN4O. The number of aryl methyl sites for hydroxylation is 1. The first-order valence-electron chi connectivity index (χ1n) is 9.22. The number of benzene rings is 1. The third-order valence-corrected chi connectivity index (χ3v) is 5.98. The van der Waals surface area contributed by atoms with Crippen LogP contribution in [0, 0.1) is 6.92 Å². The summed E-state index contributed by atoms with van der Waals surface area (Å²) in [6.07, 6.45) is 2.10. The molecule has 0 radical (unpaired) electrons. The van der Waals surface area contributed by atoms with E-state index in [2.05, 4.69) is 33.1 Å². The minimum absolute atomic E-state index is 0.0811. The summed E-state index contributed by atoms with van der Waals surface area (Å²) >= 11 is 3.54. The maximum atomic E-state index is 13.2. The molecule has 1 aromatic carbocycles. The summed E-state index contributed by atoms with van der Waals surface area (Å²) < 4.78 is 2.84. The molecule has 0 saturated carbocycles. The summed E-state index contributed by atoms with van der Waals surface area (Å²) in [6, 6.07) is 4.15. The van der Waals surface area contributed by atoms with E-state index in [0.29, 0.717) is 6.54 Å². The van der Waals surface area contributed by atoms with Crippen molar-refractivity contribution in [1.29, 1.82) is 0 Å². The molecule has 6 heteroatoms. The van der Waals surface area contributed by atoms with Crippen LogP contribution in [0.25, 0.3) is 10.9 Å². The Morgan fingerprint density at radius 2 is 2.00 bits per heavy atom. The van der Waals surface area contributed by atoms with Gasteiger partial charge in [0.05, 0.1) is 16.9 Å². The van der Waals surface area contributed by atoms with Crippen LogP contribution in [0.5, 0.6) is 0 Å². The van der Waals surface area contributed by atoms with E-state index in [1.807, 2.05) is 30.5 Å². The average Bonchev–Trinajstić information content (AvgIpc) is 2.63. The summed E-state index contributed by atoms with van der Waals surface area (Å²) in [5.41, 5.74) is 1.86. The van der Waals surface area contributed by atoms with E-state index in [-0.39, 0.29) is 11.6 Å². The van der Waals surface area contributed by atoms with Gasteiger partial charge in [-0.1, -0.05) is 29.3 Å². The van der Waals surface area contributed by atoms with Gasteiger partial charge in [0.1, 0.15) is 5.82 Å². The minimum atomic E-state index is 0.0811. The fraction of sp³-hybridized carbons (Fsp3) is 0.579. The first-order chi connectivity index (χ1) is 12.1. The van der Waals surface area contributed by atoms with Crippen molar-refractivity contribution in [1.82, 2.24) is 19.8 Å². The van der Waals surface area contributed by atoms with Gasteiger partial charge >= 0.3 is 0 Å². The molecule has 1 aliphatic rings. The van der Waals surface area contributed by atoms with Crippen LogP contribution in [-0.4, -0.2) is 40.6 Å². The molecule has 1 aliphatic heterocycles. The lowest BCUT2D eigenvalue weighted by atomic mass is 10.1. The predicted octanol–water partition coefficient (Wildman–Crippen LogP) is 3.23. The Morgan fingerprint density at radius 1 is 1.28 bits per heavy atom. The fourth-order valence-electron chi connectivity index (χ4n) is 3.76. The maximum absolute atomic E-state index is 13.2. The van der Waals surface area contributed by atoms with Gasteiger partial charge in [-0.25, -0.2) is 4.98 Å². The van der Waals surface area contributed by atoms with Crippen molar-refractivity contribution in [2.45, 2.75) is 46.2 Å². The lowest BCUT2D eigenvalue weighted by molar-refractivity contribution is 0.154. The zero-order chi connectivity index (χ0) is 18.0. The molecule has 136 valence electrons. The number of aromatic nitrogens is 2. The summed E-state index contributed by atoms with van der Waals surface area (Å²) in [4.78, 5) is 20.7. The zero-order valence-electron chi connectivity index (χ0n) is 15.3. The number of hydrogen-bond donors (Lipinski definition) is 1. The van der Waals surface area contributed by atoms with Gasteiger partial charge in [0, 0.05) is 37.2 Å². The third kappa shape index (κ3) is 3.52. The van der Waals surface area contributed by atoms with E-state index in [1.165, 1.54) is 0 Å². The lowest BCUT2D eigenvalue weighted by Crippen LogP contribution is -2.46. The molecule has 1 unspecified atom stereocenters. The number of halogens is 1. The van der Waals surface area contributed by atoms with E-state index in [9.17, 15) is 4.79 Å². The normalized spacial score (nSPS) is 17.1. The highest BCUT2D eigenvalue weighted by Crippen LogP contribution is 2.28. The van der Waals surface area contributed by atoms with E-state index < -0.39 is 0 Å². The predicted molar refractivity (Wildman–Crippen MR) is 106 cm³/mol. The highest BCUT2D eigenvalue weighted by atomic mass is 79.9. The van der Waals surface area contributed by atoms with Crippen molar-refractivity contribution >= 4 is 26.8 Å². The summed E-state index contributed by atoms with van der Waals surface area (Å²) in [5, 5.41) is 4.14. The molecule has 2 heterocycles. The highest BCUT2D eigenvalue weighted by molar-refractivity contribution is 9.10. The first-order valence-corrected chi connectivity index (χ1v) is 10.0. The Kier molecular flexibility index (Phi) is 5.92. The third-order valence-electron chi connectivity index (χ3n) is 5.12. The second kappa shape index (κ2) is 7.98. The van der Waals surface area contributed by atoms with E-state index >= 15 is 0 Å². The molecule has 1 aromatic heterocycles. The lowest BCUT2D eigenvalue weighted by Gasteiger charge is -2.35. The largest absolute Gasteiger partial charge is 0.314 e. The molecule has 1 N–H and O–H groups in total. The van der Waals surface area contributed by atoms with Crippen LogP contribution >= 0.6 is 15.9 Å². The number of nitrogens with one attached hydrogen (secondary N) is 1. The Bertz CT molecular complexity index is 811. The number of rotatable bonds is 5. The van der Waals surface area contributed by atoms with Crippen molar-refractivity contribution in [2.24, 2.45) is 0 Å². The van der Waals surface area contributed by atoms with Gasteiger partial charge in [-0.05, 0) is 38.0 Å². The van der Waals surface area contributed by atoms with Crippen molar-refractivity contribution in [3.63, 3.8) is 0 Å². The molecule has 2 aromatic rings. The van der Waals surface area contributed by atoms with Crippen molar-refractivity contribution in [3.8, 4) is 0 Å². The summed E-state index contributed by atoms with van der Waals surface area (Å²) in [6.45, 7) is 10.9. The van der Waals surface area contributed by atoms with Gasteiger partial charge in [-0.2, -0.15) is 0 Å². The van der Waals surface area contributed by atoms with Gasteiger partial charge in [-0.15, -0.1) is 0 Å². The SMILES string of the molecule is CCCC(c1nc2ccc(Br)c(C)c2c(=O)n1CC)N1CCNCC1. The van der Waals surface area contributed by atoms with Gasteiger partial charge in [0.25, 0.3) is 5.56 Å². The first kappa shape index (κ1) is 18.5. The standard InChI is InChI=1S/C19H27BrN4O/c1-4-6-16(23-11-9-21-10-12-23)18-22-15-8-7-14(20)13(3)17(15)19(25)24(18)5-2/h7-8,16,21H,4-6,9-12H2,1-3H3. The Labute approximate surface area is 157 Å². The maximum Gasteiger partial charge on any atom is 0.261 e. The number of fused-ring (bicyclic) bond motifs is 1. The molecule has 1 fully saturated rings. The number of hydrogen-bond acceptors (Lipinski definition) is 4. The molecule has 25 heavy (non-hydrogen) atoms. The van der Waals surface area contributed by atoms with Gasteiger partial charge < -0.3 is 5.32 Å². The topological polar surface area (TPSA) is 50.2 Å². The molecule has 0 spiro atoms. The summed E-state index contributed by atoms with van der Waals surface area (Å²) in [7, 11) is 0. The second-order valence-electron chi connectivity index (χ2n) is 6.68. The molecule has 1 atom stereocenters. The van der Waals surface area contributed by atoms with Crippen molar-refractivity contribution in [3.05, 3.63) is 38.3 Å². The van der Waals surface area contributed by atoms with Crippen molar-refractivity contribution in [2.75, 3.05) is 26.2 Å². The van der Waals surface area contributed by atoms with Crippen LogP contribution in [0.3, 0.4) is 0 Å². The summed E-state index contributed by atoms with van der Waals surface area (Å²) in [5.74, 6) is 0.922. The van der Waals surface area contributed by atoms with Crippen LogP contribution in [0.4, 0.5) is 0 Å². The number of nitrogens with zero attached hydrogens (tertiary/aromatic N) is 3. The molecule has 0 amide bonds. The molecular weight excluding hydrogens is 380 g/mol. The molecule has 0 bridgehead atoms. The van der Waals surface area contributed by atoms with Crippen LogP contribution < -0.4 is 10.9 Å². The minimum Gasteiger partial charge on any atom is -0.314 e. The van der Waals surface area contributed by atoms with Crippen LogP contribution in [-0.2, 0) is 6.54 Å². The zero-order valence-corrected chi connectivity index (χ0v) is 16.9. The Hall–Kier alpha value is -1.24. The quantitative estimate of drug-likeness (QED) is 0.827. The molecule has 1 saturated heterocycles. The monoisotopic (exact) mass is 406 g/mol. The molecule has 5 nitrogen and oxygen atoms in total. The Morgan fingerprint density at radius 3 is 2.64 bits per heavy atom. The highest BCUT2D eigenvalue weighted by Gasteiger charge is 2.26. The average molecular weight is 407 g/mol. The van der Waals surface area contributed by atoms with Crippen LogP contribution in [0.15, 0.2) is 21.4 Å². The Balaban J connectivity index is 2.19. The smallest absolute Gasteiger partial charge is 0.261 e. The van der Waals surface area contributed by atoms with Crippen LogP contribution in [0.1, 0.15) is 44.1 Å². The fourth-order valence-corrected chi connectivity index (χ4v) is 4.09. The second-order valence-corrected chi connectivity index (χ2v) is 7.53. The van der Waals surface area contributed by atoms with Gasteiger partial charge in [0.2, 0.25) is 0 Å².